The average molecular weight is 266 g/mol. The maximum absolute atomic E-state index is 10.6. The van der Waals surface area contributed by atoms with Crippen LogP contribution in [0.1, 0.15) is 49.3 Å². The normalized spacial score (nSPS) is 16.5. The van der Waals surface area contributed by atoms with Crippen LogP contribution in [0.4, 0.5) is 0 Å². The minimum Gasteiger partial charge on any atom is -0.507 e. The van der Waals surface area contributed by atoms with E-state index in [9.17, 15) is 9.90 Å². The molecule has 0 amide bonds. The molecule has 96 valence electrons. The number of isocyanates is 1. The van der Waals surface area contributed by atoms with Crippen LogP contribution in [0.5, 0.6) is 5.75 Å². The molecule has 1 saturated carbocycles. The zero-order valence-electron chi connectivity index (χ0n) is 10.7. The van der Waals surface area contributed by atoms with Gasteiger partial charge in [0, 0.05) is 10.6 Å². The van der Waals surface area contributed by atoms with E-state index in [1.165, 1.54) is 0 Å². The van der Waals surface area contributed by atoms with Crippen molar-refractivity contribution in [2.45, 2.75) is 45.1 Å². The number of halogens is 1. The second-order valence-electron chi connectivity index (χ2n) is 5.19. The molecule has 1 aliphatic rings. The molecule has 3 nitrogen and oxygen atoms in total. The van der Waals surface area contributed by atoms with Gasteiger partial charge in [0.1, 0.15) is 11.3 Å². The van der Waals surface area contributed by atoms with E-state index in [4.69, 9.17) is 11.6 Å². The highest BCUT2D eigenvalue weighted by molar-refractivity contribution is 6.31. The molecule has 0 unspecified atom stereocenters. The van der Waals surface area contributed by atoms with Crippen LogP contribution in [0, 0.1) is 6.92 Å². The Labute approximate surface area is 111 Å². The van der Waals surface area contributed by atoms with Crippen molar-refractivity contribution < 1.29 is 9.90 Å². The molecule has 0 radical (unpaired) electrons. The van der Waals surface area contributed by atoms with E-state index >= 15 is 0 Å². The first-order valence-electron chi connectivity index (χ1n) is 6.04. The number of rotatable bonds is 3. The first-order chi connectivity index (χ1) is 8.43. The lowest BCUT2D eigenvalue weighted by molar-refractivity contribution is 0.448. The third kappa shape index (κ3) is 1.94. The summed E-state index contributed by atoms with van der Waals surface area (Å²) in [6.45, 7) is 5.84. The Balaban J connectivity index is 2.70. The van der Waals surface area contributed by atoms with Gasteiger partial charge < -0.3 is 5.11 Å². The molecule has 0 heterocycles. The molecule has 1 aromatic carbocycles. The SMILES string of the molecule is Cc1c(Cl)cc(C(C)C)c(O)c1C1(N=C=O)CC1. The van der Waals surface area contributed by atoms with E-state index in [1.54, 1.807) is 12.1 Å². The lowest BCUT2D eigenvalue weighted by Gasteiger charge is -2.20. The van der Waals surface area contributed by atoms with Crippen molar-refractivity contribution in [1.82, 2.24) is 0 Å². The largest absolute Gasteiger partial charge is 0.507 e. The Hall–Kier alpha value is -1.31. The van der Waals surface area contributed by atoms with Gasteiger partial charge in [-0.25, -0.2) is 4.79 Å². The summed E-state index contributed by atoms with van der Waals surface area (Å²) in [5.41, 5.74) is 1.70. The fourth-order valence-corrected chi connectivity index (χ4v) is 2.60. The first-order valence-corrected chi connectivity index (χ1v) is 6.42. The smallest absolute Gasteiger partial charge is 0.235 e. The number of aromatic hydroxyl groups is 1. The number of carbonyl (C=O) groups excluding carboxylic acids is 1. The topological polar surface area (TPSA) is 49.7 Å². The summed E-state index contributed by atoms with van der Waals surface area (Å²) >= 11 is 6.22. The van der Waals surface area contributed by atoms with Crippen molar-refractivity contribution in [1.29, 1.82) is 0 Å². The van der Waals surface area contributed by atoms with E-state index in [2.05, 4.69) is 4.99 Å². The second-order valence-corrected chi connectivity index (χ2v) is 5.59. The zero-order valence-corrected chi connectivity index (χ0v) is 11.5. The minimum atomic E-state index is -0.593. The molecule has 0 saturated heterocycles. The predicted octanol–water partition coefficient (Wildman–Crippen LogP) is 3.80. The second kappa shape index (κ2) is 4.42. The summed E-state index contributed by atoms with van der Waals surface area (Å²) in [4.78, 5) is 14.4. The van der Waals surface area contributed by atoms with Gasteiger partial charge in [0.25, 0.3) is 0 Å². The number of aliphatic imine (C=N–C) groups is 1. The van der Waals surface area contributed by atoms with Crippen molar-refractivity contribution in [3.63, 3.8) is 0 Å². The lowest BCUT2D eigenvalue weighted by atomic mass is 9.91. The van der Waals surface area contributed by atoms with Gasteiger partial charge in [0.05, 0.1) is 0 Å². The summed E-state index contributed by atoms with van der Waals surface area (Å²) < 4.78 is 0. The van der Waals surface area contributed by atoms with Gasteiger partial charge in [0.2, 0.25) is 6.08 Å². The molecule has 1 fully saturated rings. The summed E-state index contributed by atoms with van der Waals surface area (Å²) in [7, 11) is 0. The molecule has 2 rings (SSSR count). The Morgan fingerprint density at radius 2 is 2.11 bits per heavy atom. The third-order valence-corrected chi connectivity index (χ3v) is 3.99. The maximum Gasteiger partial charge on any atom is 0.235 e. The first kappa shape index (κ1) is 13.1. The standard InChI is InChI=1S/C14H16ClNO2/c1-8(2)10-6-11(15)9(3)12(13(10)18)14(4-5-14)16-7-17/h6,8,18H,4-5H2,1-3H3. The fraction of sp³-hybridized carbons (Fsp3) is 0.500. The average Bonchev–Trinajstić information content (AvgIpc) is 3.04. The summed E-state index contributed by atoms with van der Waals surface area (Å²) in [6.07, 6.45) is 3.13. The van der Waals surface area contributed by atoms with Crippen molar-refractivity contribution in [3.8, 4) is 5.75 Å². The van der Waals surface area contributed by atoms with Crippen LogP contribution in [0.15, 0.2) is 11.1 Å². The highest BCUT2D eigenvalue weighted by Gasteiger charge is 2.48. The zero-order chi connectivity index (χ0) is 13.5. The van der Waals surface area contributed by atoms with Crippen LogP contribution in [-0.2, 0) is 10.3 Å². The Kier molecular flexibility index (Phi) is 3.22. The summed E-state index contributed by atoms with van der Waals surface area (Å²) in [6, 6.07) is 1.79. The van der Waals surface area contributed by atoms with Crippen molar-refractivity contribution >= 4 is 17.7 Å². The number of benzene rings is 1. The molecule has 1 aromatic rings. The van der Waals surface area contributed by atoms with Gasteiger partial charge in [-0.05, 0) is 42.9 Å². The van der Waals surface area contributed by atoms with Crippen LogP contribution in [-0.4, -0.2) is 11.2 Å². The fourth-order valence-electron chi connectivity index (χ4n) is 2.39. The number of phenols is 1. The summed E-state index contributed by atoms with van der Waals surface area (Å²) in [5, 5.41) is 11.0. The Morgan fingerprint density at radius 1 is 1.50 bits per heavy atom. The van der Waals surface area contributed by atoms with Gasteiger partial charge in [0.15, 0.2) is 0 Å². The molecule has 0 spiro atoms. The van der Waals surface area contributed by atoms with Crippen LogP contribution in [0.3, 0.4) is 0 Å². The third-order valence-electron chi connectivity index (χ3n) is 3.60. The van der Waals surface area contributed by atoms with E-state index in [0.717, 1.165) is 24.0 Å². The van der Waals surface area contributed by atoms with E-state index in [1.807, 2.05) is 20.8 Å². The molecule has 0 bridgehead atoms. The van der Waals surface area contributed by atoms with E-state index in [-0.39, 0.29) is 11.7 Å². The molecular weight excluding hydrogens is 250 g/mol. The molecule has 1 aliphatic carbocycles. The number of phenolic OH excluding ortho intramolecular Hbond substituents is 1. The van der Waals surface area contributed by atoms with Crippen LogP contribution in [0.25, 0.3) is 0 Å². The lowest BCUT2D eigenvalue weighted by Crippen LogP contribution is -2.08. The molecule has 0 aliphatic heterocycles. The van der Waals surface area contributed by atoms with Gasteiger partial charge in [-0.3, -0.25) is 0 Å². The maximum atomic E-state index is 10.6. The van der Waals surface area contributed by atoms with Gasteiger partial charge in [-0.15, -0.1) is 0 Å². The van der Waals surface area contributed by atoms with Crippen molar-refractivity contribution in [2.24, 2.45) is 4.99 Å². The highest BCUT2D eigenvalue weighted by atomic mass is 35.5. The van der Waals surface area contributed by atoms with Gasteiger partial charge in [-0.1, -0.05) is 25.4 Å². The molecule has 4 heteroatoms. The van der Waals surface area contributed by atoms with Crippen LogP contribution in [0.2, 0.25) is 5.02 Å². The van der Waals surface area contributed by atoms with Crippen LogP contribution >= 0.6 is 11.6 Å². The number of hydrogen-bond acceptors (Lipinski definition) is 3. The monoisotopic (exact) mass is 265 g/mol. The molecule has 18 heavy (non-hydrogen) atoms. The van der Waals surface area contributed by atoms with Gasteiger partial charge in [-0.2, -0.15) is 4.99 Å². The van der Waals surface area contributed by atoms with E-state index < -0.39 is 5.54 Å². The van der Waals surface area contributed by atoms with E-state index in [0.29, 0.717) is 10.6 Å². The number of hydrogen-bond donors (Lipinski definition) is 1. The number of nitrogens with zero attached hydrogens (tertiary/aromatic N) is 1. The molecule has 0 aromatic heterocycles. The van der Waals surface area contributed by atoms with Crippen molar-refractivity contribution in [2.75, 3.05) is 0 Å². The van der Waals surface area contributed by atoms with Crippen molar-refractivity contribution in [3.05, 3.63) is 27.8 Å². The predicted molar refractivity (Wildman–Crippen MR) is 71.0 cm³/mol. The molecule has 0 atom stereocenters. The minimum absolute atomic E-state index is 0.165. The summed E-state index contributed by atoms with van der Waals surface area (Å²) in [5.74, 6) is 0.390. The molecular formula is C14H16ClNO2. The quantitative estimate of drug-likeness (QED) is 0.667. The van der Waals surface area contributed by atoms with Gasteiger partial charge >= 0.3 is 0 Å². The molecule has 1 N–H and O–H groups in total. The van der Waals surface area contributed by atoms with Crippen LogP contribution < -0.4 is 0 Å². The Bertz CT molecular complexity index is 541. The Morgan fingerprint density at radius 3 is 2.56 bits per heavy atom. The highest BCUT2D eigenvalue weighted by Crippen LogP contribution is 2.55.